The van der Waals surface area contributed by atoms with Crippen LogP contribution in [0.15, 0.2) is 79.3 Å². The molecule has 2 aromatic heterocycles. The van der Waals surface area contributed by atoms with E-state index >= 15 is 0 Å². The highest BCUT2D eigenvalue weighted by Crippen LogP contribution is 2.23. The van der Waals surface area contributed by atoms with Gasteiger partial charge in [0.25, 0.3) is 0 Å². The Hall–Kier alpha value is -3.68. The minimum Gasteiger partial charge on any atom is -0.406 e. The molecule has 0 aliphatic heterocycles. The maximum atomic E-state index is 12.6. The van der Waals surface area contributed by atoms with Crippen molar-refractivity contribution in [2.45, 2.75) is 19.5 Å². The number of aromatic nitrogens is 3. The van der Waals surface area contributed by atoms with Crippen LogP contribution in [-0.2, 0) is 13.1 Å². The second-order valence-corrected chi connectivity index (χ2v) is 6.74. The molecule has 0 aliphatic rings. The van der Waals surface area contributed by atoms with Gasteiger partial charge in [-0.25, -0.2) is 0 Å². The summed E-state index contributed by atoms with van der Waals surface area (Å²) >= 11 is 0. The van der Waals surface area contributed by atoms with Gasteiger partial charge < -0.3 is 4.74 Å². The fourth-order valence-corrected chi connectivity index (χ4v) is 3.19. The van der Waals surface area contributed by atoms with Crippen molar-refractivity contribution in [1.82, 2.24) is 9.78 Å². The van der Waals surface area contributed by atoms with Crippen LogP contribution in [0.1, 0.15) is 15.9 Å². The molecule has 0 saturated carbocycles. The molecule has 0 unspecified atom stereocenters. The SMILES string of the molecule is O=C(Cn1ncc2c[n+](Cc3ccccc3)ccc21)c1cccc(OC(F)(F)F)c1. The number of ketones is 1. The zero-order valence-electron chi connectivity index (χ0n) is 15.7. The van der Waals surface area contributed by atoms with E-state index in [1.165, 1.54) is 16.8 Å². The first-order valence-electron chi connectivity index (χ1n) is 9.15. The standard InChI is InChI=1S/C22H17F3N3O2/c23-22(24,25)30-19-8-4-7-17(11-19)21(29)15-28-20-9-10-27(14-18(20)12-26-28)13-16-5-2-1-3-6-16/h1-12,14H,13,15H2/q+1. The Labute approximate surface area is 169 Å². The maximum Gasteiger partial charge on any atom is 0.573 e. The smallest absolute Gasteiger partial charge is 0.406 e. The van der Waals surface area contributed by atoms with Gasteiger partial charge in [0.05, 0.1) is 17.1 Å². The van der Waals surface area contributed by atoms with Gasteiger partial charge in [0, 0.05) is 17.2 Å². The molecule has 0 fully saturated rings. The van der Waals surface area contributed by atoms with Crippen LogP contribution in [0, 0.1) is 0 Å². The monoisotopic (exact) mass is 412 g/mol. The summed E-state index contributed by atoms with van der Waals surface area (Å²) in [5.41, 5.74) is 2.04. The first kappa shape index (κ1) is 19.6. The minimum atomic E-state index is -4.81. The molecule has 0 spiro atoms. The van der Waals surface area contributed by atoms with Crippen LogP contribution in [0.3, 0.4) is 0 Å². The van der Waals surface area contributed by atoms with E-state index in [1.807, 2.05) is 53.4 Å². The summed E-state index contributed by atoms with van der Waals surface area (Å²) in [5.74, 6) is -0.797. The number of benzene rings is 2. The highest BCUT2D eigenvalue weighted by molar-refractivity contribution is 5.97. The first-order valence-corrected chi connectivity index (χ1v) is 9.15. The Morgan fingerprint density at radius 3 is 2.63 bits per heavy atom. The predicted molar refractivity (Wildman–Crippen MR) is 103 cm³/mol. The largest absolute Gasteiger partial charge is 0.573 e. The molecule has 4 aromatic rings. The van der Waals surface area contributed by atoms with Gasteiger partial charge >= 0.3 is 6.36 Å². The molecule has 0 radical (unpaired) electrons. The Kier molecular flexibility index (Phi) is 5.22. The summed E-state index contributed by atoms with van der Waals surface area (Å²) in [6.45, 7) is 0.606. The van der Waals surface area contributed by atoms with Crippen LogP contribution in [0.2, 0.25) is 0 Å². The molecule has 5 nitrogen and oxygen atoms in total. The summed E-state index contributed by atoms with van der Waals surface area (Å²) in [4.78, 5) is 12.6. The summed E-state index contributed by atoms with van der Waals surface area (Å²) in [6, 6.07) is 16.9. The van der Waals surface area contributed by atoms with E-state index in [-0.39, 0.29) is 17.9 Å². The van der Waals surface area contributed by atoms with Gasteiger partial charge in [-0.3, -0.25) is 9.48 Å². The molecular formula is C22H17F3N3O2+. The van der Waals surface area contributed by atoms with Crippen LogP contribution < -0.4 is 9.30 Å². The number of nitrogens with zero attached hydrogens (tertiary/aromatic N) is 3. The Morgan fingerprint density at radius 2 is 1.87 bits per heavy atom. The summed E-state index contributed by atoms with van der Waals surface area (Å²) in [5, 5.41) is 5.12. The van der Waals surface area contributed by atoms with Gasteiger partial charge in [0.2, 0.25) is 0 Å². The van der Waals surface area contributed by atoms with Gasteiger partial charge in [-0.2, -0.15) is 9.67 Å². The third kappa shape index (κ3) is 4.65. The van der Waals surface area contributed by atoms with Crippen LogP contribution >= 0.6 is 0 Å². The molecule has 152 valence electrons. The van der Waals surface area contributed by atoms with Crippen molar-refractivity contribution in [3.63, 3.8) is 0 Å². The number of Topliss-reactive ketones (excluding diaryl/α,β-unsaturated/α-hetero) is 1. The van der Waals surface area contributed by atoms with Crippen molar-refractivity contribution in [1.29, 1.82) is 0 Å². The molecule has 2 aromatic carbocycles. The zero-order valence-corrected chi connectivity index (χ0v) is 15.7. The molecule has 0 atom stereocenters. The second kappa shape index (κ2) is 7.98. The highest BCUT2D eigenvalue weighted by Gasteiger charge is 2.31. The predicted octanol–water partition coefficient (Wildman–Crippen LogP) is 4.15. The van der Waals surface area contributed by atoms with Gasteiger partial charge in [-0.05, 0) is 12.1 Å². The molecule has 0 amide bonds. The van der Waals surface area contributed by atoms with E-state index in [9.17, 15) is 18.0 Å². The fourth-order valence-electron chi connectivity index (χ4n) is 3.19. The molecule has 0 aliphatic carbocycles. The lowest BCUT2D eigenvalue weighted by Gasteiger charge is -2.10. The van der Waals surface area contributed by atoms with Gasteiger partial charge in [-0.15, -0.1) is 13.2 Å². The number of hydrogen-bond acceptors (Lipinski definition) is 3. The van der Waals surface area contributed by atoms with Crippen molar-refractivity contribution in [2.75, 3.05) is 0 Å². The number of rotatable bonds is 6. The Balaban J connectivity index is 1.51. The number of fused-ring (bicyclic) bond motifs is 1. The number of ether oxygens (including phenoxy) is 1. The molecule has 30 heavy (non-hydrogen) atoms. The summed E-state index contributed by atoms with van der Waals surface area (Å²) in [6.07, 6.45) is 0.687. The van der Waals surface area contributed by atoms with Crippen molar-refractivity contribution >= 4 is 16.7 Å². The molecule has 4 rings (SSSR count). The number of pyridine rings is 1. The third-order valence-electron chi connectivity index (χ3n) is 4.53. The van der Waals surface area contributed by atoms with Crippen LogP contribution in [0.4, 0.5) is 13.2 Å². The summed E-state index contributed by atoms with van der Waals surface area (Å²) in [7, 11) is 0. The van der Waals surface area contributed by atoms with Gasteiger partial charge in [-0.1, -0.05) is 42.5 Å². The highest BCUT2D eigenvalue weighted by atomic mass is 19.4. The first-order chi connectivity index (χ1) is 14.4. The lowest BCUT2D eigenvalue weighted by atomic mass is 10.1. The number of halogens is 3. The van der Waals surface area contributed by atoms with E-state index in [4.69, 9.17) is 0 Å². The average molecular weight is 412 g/mol. The molecular weight excluding hydrogens is 395 g/mol. The van der Waals surface area contributed by atoms with Crippen LogP contribution in [0.25, 0.3) is 10.9 Å². The Bertz CT molecular complexity index is 1190. The van der Waals surface area contributed by atoms with Gasteiger partial charge in [0.1, 0.15) is 12.3 Å². The number of alkyl halides is 3. The molecule has 8 heteroatoms. The number of carbonyl (C=O) groups excluding carboxylic acids is 1. The van der Waals surface area contributed by atoms with E-state index in [2.05, 4.69) is 9.84 Å². The lowest BCUT2D eigenvalue weighted by Crippen LogP contribution is -2.33. The van der Waals surface area contributed by atoms with Crippen molar-refractivity contribution in [3.8, 4) is 5.75 Å². The molecule has 0 bridgehead atoms. The lowest BCUT2D eigenvalue weighted by molar-refractivity contribution is -0.687. The van der Waals surface area contributed by atoms with Crippen LogP contribution in [0.5, 0.6) is 5.75 Å². The quantitative estimate of drug-likeness (QED) is 0.353. The van der Waals surface area contributed by atoms with Crippen molar-refractivity contribution < 1.29 is 27.3 Å². The van der Waals surface area contributed by atoms with Crippen molar-refractivity contribution in [3.05, 3.63) is 90.4 Å². The normalized spacial score (nSPS) is 11.6. The van der Waals surface area contributed by atoms with Crippen LogP contribution in [-0.4, -0.2) is 21.9 Å². The van der Waals surface area contributed by atoms with E-state index in [0.717, 1.165) is 28.6 Å². The summed E-state index contributed by atoms with van der Waals surface area (Å²) < 4.78 is 44.6. The third-order valence-corrected chi connectivity index (χ3v) is 4.53. The molecule has 0 saturated heterocycles. The van der Waals surface area contributed by atoms with E-state index < -0.39 is 12.1 Å². The van der Waals surface area contributed by atoms with E-state index in [0.29, 0.717) is 6.54 Å². The second-order valence-electron chi connectivity index (χ2n) is 6.74. The zero-order chi connectivity index (χ0) is 21.1. The minimum absolute atomic E-state index is 0.0956. The number of carbonyl (C=O) groups is 1. The van der Waals surface area contributed by atoms with Gasteiger partial charge in [0.15, 0.2) is 24.7 Å². The maximum absolute atomic E-state index is 12.6. The topological polar surface area (TPSA) is 48.0 Å². The molecule has 0 N–H and O–H groups in total. The fraction of sp³-hybridized carbons (Fsp3) is 0.136. The van der Waals surface area contributed by atoms with E-state index in [1.54, 1.807) is 6.20 Å². The average Bonchev–Trinajstić information content (AvgIpc) is 3.09. The molecule has 2 heterocycles. The Morgan fingerprint density at radius 1 is 1.07 bits per heavy atom. The number of hydrogen-bond donors (Lipinski definition) is 0. The van der Waals surface area contributed by atoms with Crippen molar-refractivity contribution in [2.24, 2.45) is 0 Å².